The predicted molar refractivity (Wildman–Crippen MR) is 200 cm³/mol. The normalized spacial score (nSPS) is 11.6. The monoisotopic (exact) mass is 641 g/mol. The van der Waals surface area contributed by atoms with E-state index in [-0.39, 0.29) is 0 Å². The Balaban J connectivity index is 1.25. The summed E-state index contributed by atoms with van der Waals surface area (Å²) in [5.41, 5.74) is 7.71. The van der Waals surface area contributed by atoms with Crippen LogP contribution in [0.5, 0.6) is 0 Å². The quantitative estimate of drug-likeness (QED) is 0.187. The molecule has 0 atom stereocenters. The summed E-state index contributed by atoms with van der Waals surface area (Å²) in [6.45, 7) is 0. The Kier molecular flexibility index (Phi) is 6.35. The number of benzene rings is 6. The van der Waals surface area contributed by atoms with E-state index in [2.05, 4.69) is 71.3 Å². The third kappa shape index (κ3) is 4.48. The van der Waals surface area contributed by atoms with Gasteiger partial charge in [0.25, 0.3) is 0 Å². The van der Waals surface area contributed by atoms with Crippen molar-refractivity contribution in [3.05, 3.63) is 164 Å². The minimum atomic E-state index is 0.544. The molecule has 6 aromatic carbocycles. The van der Waals surface area contributed by atoms with Gasteiger partial charge in [0.1, 0.15) is 0 Å². The van der Waals surface area contributed by atoms with Gasteiger partial charge in [-0.15, -0.1) is 0 Å². The van der Waals surface area contributed by atoms with Gasteiger partial charge in [0.15, 0.2) is 11.6 Å². The first kappa shape index (κ1) is 28.1. The molecule has 0 saturated heterocycles. The van der Waals surface area contributed by atoms with E-state index in [0.29, 0.717) is 23.5 Å². The zero-order valence-corrected chi connectivity index (χ0v) is 26.7. The molecule has 7 heteroatoms. The first-order valence-corrected chi connectivity index (χ1v) is 16.5. The molecular weight excluding hydrogens is 615 g/mol. The summed E-state index contributed by atoms with van der Waals surface area (Å²) in [6, 6.07) is 53.6. The SMILES string of the molecule is c1ccc(-c2nc(-c3ccccc3)nc(-n3ccc4c3ccc3c5ccccc5n(-c5nc(-c6ccccc6)c6ccccc6n5)c34)n2)cc1. The fourth-order valence-electron chi connectivity index (χ4n) is 6.94. The van der Waals surface area contributed by atoms with Gasteiger partial charge in [-0.3, -0.25) is 9.13 Å². The van der Waals surface area contributed by atoms with E-state index in [1.807, 2.05) is 102 Å². The Hall–Kier alpha value is -6.99. The molecule has 0 N–H and O–H groups in total. The van der Waals surface area contributed by atoms with Crippen LogP contribution in [0.15, 0.2) is 164 Å². The average Bonchev–Trinajstić information content (AvgIpc) is 3.78. The number of hydrogen-bond donors (Lipinski definition) is 0. The van der Waals surface area contributed by atoms with Crippen LogP contribution in [-0.2, 0) is 0 Å². The minimum absolute atomic E-state index is 0.544. The Bertz CT molecular complexity index is 2800. The molecule has 0 spiro atoms. The van der Waals surface area contributed by atoms with Crippen molar-refractivity contribution < 1.29 is 0 Å². The molecular formula is C43H27N7. The van der Waals surface area contributed by atoms with E-state index in [0.717, 1.165) is 66.0 Å². The summed E-state index contributed by atoms with van der Waals surface area (Å²) in [4.78, 5) is 25.4. The van der Waals surface area contributed by atoms with E-state index in [4.69, 9.17) is 24.9 Å². The van der Waals surface area contributed by atoms with Gasteiger partial charge < -0.3 is 0 Å². The highest BCUT2D eigenvalue weighted by atomic mass is 15.2. The van der Waals surface area contributed by atoms with Gasteiger partial charge in [-0.1, -0.05) is 133 Å². The zero-order valence-electron chi connectivity index (χ0n) is 26.7. The molecule has 0 saturated carbocycles. The van der Waals surface area contributed by atoms with Crippen molar-refractivity contribution >= 4 is 43.6 Å². The summed E-state index contributed by atoms with van der Waals surface area (Å²) in [5, 5.41) is 4.31. The second-order valence-corrected chi connectivity index (χ2v) is 12.2. The van der Waals surface area contributed by atoms with Crippen LogP contribution in [0.1, 0.15) is 0 Å². The van der Waals surface area contributed by atoms with Crippen molar-refractivity contribution in [1.29, 1.82) is 0 Å². The maximum absolute atomic E-state index is 5.29. The molecule has 0 bridgehead atoms. The van der Waals surface area contributed by atoms with Gasteiger partial charge in [0.05, 0.1) is 27.8 Å². The van der Waals surface area contributed by atoms with E-state index < -0.39 is 0 Å². The van der Waals surface area contributed by atoms with Crippen LogP contribution in [0, 0.1) is 0 Å². The van der Waals surface area contributed by atoms with Gasteiger partial charge in [0, 0.05) is 44.4 Å². The Morgan fingerprint density at radius 2 is 0.960 bits per heavy atom. The molecule has 50 heavy (non-hydrogen) atoms. The smallest absolute Gasteiger partial charge is 0.238 e. The largest absolute Gasteiger partial charge is 0.285 e. The summed E-state index contributed by atoms with van der Waals surface area (Å²) in [6.07, 6.45) is 2.04. The van der Waals surface area contributed by atoms with Crippen LogP contribution in [0.3, 0.4) is 0 Å². The lowest BCUT2D eigenvalue weighted by Gasteiger charge is -2.12. The third-order valence-electron chi connectivity index (χ3n) is 9.24. The second kappa shape index (κ2) is 11.3. The fraction of sp³-hybridized carbons (Fsp3) is 0. The lowest BCUT2D eigenvalue weighted by atomic mass is 10.1. The van der Waals surface area contributed by atoms with Gasteiger partial charge in [-0.2, -0.15) is 9.97 Å². The minimum Gasteiger partial charge on any atom is -0.285 e. The molecule has 0 aliphatic heterocycles. The molecule has 0 radical (unpaired) electrons. The van der Waals surface area contributed by atoms with Crippen molar-refractivity contribution in [1.82, 2.24) is 34.1 Å². The maximum atomic E-state index is 5.29. The number of rotatable bonds is 5. The number of aromatic nitrogens is 7. The Morgan fingerprint density at radius 3 is 1.66 bits per heavy atom. The van der Waals surface area contributed by atoms with Crippen molar-refractivity contribution in [2.75, 3.05) is 0 Å². The van der Waals surface area contributed by atoms with Crippen LogP contribution in [0.4, 0.5) is 0 Å². The highest BCUT2D eigenvalue weighted by Crippen LogP contribution is 2.38. The van der Waals surface area contributed by atoms with Crippen molar-refractivity contribution in [2.24, 2.45) is 0 Å². The highest BCUT2D eigenvalue weighted by Gasteiger charge is 2.21. The van der Waals surface area contributed by atoms with E-state index in [9.17, 15) is 0 Å². The van der Waals surface area contributed by atoms with Crippen LogP contribution < -0.4 is 0 Å². The topological polar surface area (TPSA) is 74.3 Å². The zero-order chi connectivity index (χ0) is 33.0. The Morgan fingerprint density at radius 1 is 0.360 bits per heavy atom. The molecule has 10 rings (SSSR count). The lowest BCUT2D eigenvalue weighted by Crippen LogP contribution is -2.06. The summed E-state index contributed by atoms with van der Waals surface area (Å²) >= 11 is 0. The van der Waals surface area contributed by atoms with Gasteiger partial charge >= 0.3 is 0 Å². The summed E-state index contributed by atoms with van der Waals surface area (Å²) in [5.74, 6) is 2.39. The van der Waals surface area contributed by atoms with E-state index in [1.165, 1.54) is 0 Å². The molecule has 234 valence electrons. The number of para-hydroxylation sites is 2. The van der Waals surface area contributed by atoms with E-state index >= 15 is 0 Å². The molecule has 0 aliphatic carbocycles. The first-order chi connectivity index (χ1) is 24.8. The summed E-state index contributed by atoms with van der Waals surface area (Å²) in [7, 11) is 0. The van der Waals surface area contributed by atoms with Crippen LogP contribution >= 0.6 is 0 Å². The Labute approximate surface area is 286 Å². The lowest BCUT2D eigenvalue weighted by molar-refractivity contribution is 0.933. The first-order valence-electron chi connectivity index (χ1n) is 16.5. The molecule has 0 amide bonds. The van der Waals surface area contributed by atoms with Crippen LogP contribution in [-0.4, -0.2) is 34.1 Å². The van der Waals surface area contributed by atoms with Crippen molar-refractivity contribution in [2.45, 2.75) is 0 Å². The van der Waals surface area contributed by atoms with Crippen LogP contribution in [0.25, 0.3) is 89.5 Å². The molecule has 10 aromatic rings. The number of nitrogens with zero attached hydrogens (tertiary/aromatic N) is 7. The average molecular weight is 642 g/mol. The molecule has 4 heterocycles. The fourth-order valence-corrected chi connectivity index (χ4v) is 6.94. The molecule has 0 aliphatic rings. The van der Waals surface area contributed by atoms with Crippen LogP contribution in [0.2, 0.25) is 0 Å². The molecule has 0 fully saturated rings. The predicted octanol–water partition coefficient (Wildman–Crippen LogP) is 9.86. The van der Waals surface area contributed by atoms with E-state index in [1.54, 1.807) is 0 Å². The molecule has 0 unspecified atom stereocenters. The van der Waals surface area contributed by atoms with Gasteiger partial charge in [0.2, 0.25) is 11.9 Å². The molecule has 4 aromatic heterocycles. The van der Waals surface area contributed by atoms with Gasteiger partial charge in [-0.05, 0) is 24.3 Å². The standard InChI is InChI=1S/C43H27N7/c1-4-14-28(15-5-1)38-33-21-10-12-22-35(33)44-43(45-38)50-37-23-13-11-20-31(37)32-24-25-36-34(39(32)50)26-27-49(36)42-47-40(29-16-6-2-7-17-29)46-41(48-42)30-18-8-3-9-19-30/h1-27H. The third-order valence-corrected chi connectivity index (χ3v) is 9.24. The summed E-state index contributed by atoms with van der Waals surface area (Å²) < 4.78 is 4.25. The second-order valence-electron chi connectivity index (χ2n) is 12.2. The highest BCUT2D eigenvalue weighted by molar-refractivity contribution is 6.18. The maximum Gasteiger partial charge on any atom is 0.238 e. The van der Waals surface area contributed by atoms with Crippen molar-refractivity contribution in [3.8, 4) is 45.9 Å². The van der Waals surface area contributed by atoms with Gasteiger partial charge in [-0.25, -0.2) is 15.0 Å². The molecule has 7 nitrogen and oxygen atoms in total. The number of fused-ring (bicyclic) bond motifs is 6. The van der Waals surface area contributed by atoms with Crippen molar-refractivity contribution in [3.63, 3.8) is 0 Å². The number of hydrogen-bond acceptors (Lipinski definition) is 5.